The standard InChI is InChI=1S/C11H23N3O5S/c1-3-19-11(15)10-14(8-9-18-2)20(16,17)13-6-4-12-5-7-13/h12H,3-10H2,1-2H3. The summed E-state index contributed by atoms with van der Waals surface area (Å²) in [5.74, 6) is -0.553. The monoisotopic (exact) mass is 309 g/mol. The second kappa shape index (κ2) is 8.53. The maximum absolute atomic E-state index is 12.5. The van der Waals surface area contributed by atoms with Crippen LogP contribution in [-0.4, -0.2) is 82.6 Å². The van der Waals surface area contributed by atoms with Gasteiger partial charge in [-0.15, -0.1) is 0 Å². The molecule has 0 aromatic heterocycles. The molecule has 9 heteroatoms. The first-order chi connectivity index (χ1) is 9.52. The lowest BCUT2D eigenvalue weighted by molar-refractivity contribution is -0.143. The van der Waals surface area contributed by atoms with Crippen molar-refractivity contribution in [2.75, 3.05) is 59.6 Å². The Kier molecular flexibility index (Phi) is 7.38. The third kappa shape index (κ3) is 4.98. The summed E-state index contributed by atoms with van der Waals surface area (Å²) < 4.78 is 37.2. The second-order valence-corrected chi connectivity index (χ2v) is 6.22. The normalized spacial score (nSPS) is 17.4. The van der Waals surface area contributed by atoms with Gasteiger partial charge in [-0.2, -0.15) is 17.0 Å². The smallest absolute Gasteiger partial charge is 0.321 e. The number of methoxy groups -OCH3 is 1. The quantitative estimate of drug-likeness (QED) is 0.558. The van der Waals surface area contributed by atoms with Crippen LogP contribution < -0.4 is 5.32 Å². The highest BCUT2D eigenvalue weighted by atomic mass is 32.2. The SMILES string of the molecule is CCOC(=O)CN(CCOC)S(=O)(=O)N1CCNCC1. The van der Waals surface area contributed by atoms with E-state index in [0.717, 1.165) is 4.31 Å². The summed E-state index contributed by atoms with van der Waals surface area (Å²) in [6, 6.07) is 0. The van der Waals surface area contributed by atoms with Crippen LogP contribution in [0.2, 0.25) is 0 Å². The van der Waals surface area contributed by atoms with Crippen molar-refractivity contribution in [3.05, 3.63) is 0 Å². The van der Waals surface area contributed by atoms with Gasteiger partial charge in [0.1, 0.15) is 6.54 Å². The lowest BCUT2D eigenvalue weighted by atomic mass is 10.4. The lowest BCUT2D eigenvalue weighted by Crippen LogP contribution is -2.53. The lowest BCUT2D eigenvalue weighted by Gasteiger charge is -2.31. The summed E-state index contributed by atoms with van der Waals surface area (Å²) in [7, 11) is -2.18. The molecular weight excluding hydrogens is 286 g/mol. The Morgan fingerprint density at radius 1 is 1.35 bits per heavy atom. The first-order valence-corrected chi connectivity index (χ1v) is 8.02. The van der Waals surface area contributed by atoms with E-state index >= 15 is 0 Å². The van der Waals surface area contributed by atoms with Gasteiger partial charge in [-0.25, -0.2) is 0 Å². The van der Waals surface area contributed by atoms with Crippen molar-refractivity contribution in [1.29, 1.82) is 0 Å². The van der Waals surface area contributed by atoms with Gasteiger partial charge in [0.15, 0.2) is 0 Å². The van der Waals surface area contributed by atoms with Crippen molar-refractivity contribution in [3.8, 4) is 0 Å². The molecule has 0 amide bonds. The number of nitrogens with zero attached hydrogens (tertiary/aromatic N) is 2. The van der Waals surface area contributed by atoms with E-state index in [-0.39, 0.29) is 26.3 Å². The van der Waals surface area contributed by atoms with Gasteiger partial charge in [0.2, 0.25) is 0 Å². The predicted molar refractivity (Wildman–Crippen MR) is 73.4 cm³/mol. The van der Waals surface area contributed by atoms with Crippen LogP contribution in [0, 0.1) is 0 Å². The molecule has 0 atom stereocenters. The number of ether oxygens (including phenoxy) is 2. The molecule has 0 aliphatic carbocycles. The van der Waals surface area contributed by atoms with Gasteiger partial charge in [-0.1, -0.05) is 0 Å². The summed E-state index contributed by atoms with van der Waals surface area (Å²) in [5.41, 5.74) is 0. The Labute approximate surface area is 120 Å². The van der Waals surface area contributed by atoms with E-state index in [2.05, 4.69) is 5.32 Å². The molecule has 1 aliphatic heterocycles. The van der Waals surface area contributed by atoms with Crippen molar-refractivity contribution in [1.82, 2.24) is 13.9 Å². The van der Waals surface area contributed by atoms with Crippen LogP contribution in [0.5, 0.6) is 0 Å². The number of rotatable bonds is 8. The minimum atomic E-state index is -3.66. The average molecular weight is 309 g/mol. The molecule has 0 unspecified atom stereocenters. The van der Waals surface area contributed by atoms with E-state index in [1.54, 1.807) is 6.92 Å². The van der Waals surface area contributed by atoms with E-state index in [4.69, 9.17) is 9.47 Å². The number of carbonyl (C=O) groups excluding carboxylic acids is 1. The van der Waals surface area contributed by atoms with Crippen molar-refractivity contribution in [2.24, 2.45) is 0 Å². The number of hydrogen-bond acceptors (Lipinski definition) is 6. The number of hydrogen-bond donors (Lipinski definition) is 1. The molecule has 0 spiro atoms. The Hall–Kier alpha value is -0.740. The van der Waals surface area contributed by atoms with Crippen molar-refractivity contribution < 1.29 is 22.7 Å². The van der Waals surface area contributed by atoms with Gasteiger partial charge in [0.05, 0.1) is 13.2 Å². The minimum absolute atomic E-state index is 0.127. The van der Waals surface area contributed by atoms with Gasteiger partial charge in [-0.05, 0) is 6.92 Å². The molecule has 1 aliphatic rings. The van der Waals surface area contributed by atoms with Crippen LogP contribution >= 0.6 is 0 Å². The molecule has 20 heavy (non-hydrogen) atoms. The highest BCUT2D eigenvalue weighted by Gasteiger charge is 2.32. The highest BCUT2D eigenvalue weighted by molar-refractivity contribution is 7.86. The third-order valence-corrected chi connectivity index (χ3v) is 4.87. The molecule has 0 bridgehead atoms. The molecule has 118 valence electrons. The molecule has 0 aromatic rings. The first-order valence-electron chi connectivity index (χ1n) is 6.63. The predicted octanol–water partition coefficient (Wildman–Crippen LogP) is -1.35. The zero-order valence-electron chi connectivity index (χ0n) is 12.0. The molecule has 0 radical (unpaired) electrons. The number of esters is 1. The fraction of sp³-hybridized carbons (Fsp3) is 0.909. The molecule has 0 aromatic carbocycles. The van der Waals surface area contributed by atoms with E-state index in [9.17, 15) is 13.2 Å². The van der Waals surface area contributed by atoms with Crippen molar-refractivity contribution in [2.45, 2.75) is 6.92 Å². The fourth-order valence-corrected chi connectivity index (χ4v) is 3.40. The summed E-state index contributed by atoms with van der Waals surface area (Å²) in [4.78, 5) is 11.5. The van der Waals surface area contributed by atoms with Gasteiger partial charge >= 0.3 is 5.97 Å². The van der Waals surface area contributed by atoms with E-state index in [1.807, 2.05) is 0 Å². The van der Waals surface area contributed by atoms with Crippen LogP contribution in [0.1, 0.15) is 6.92 Å². The van der Waals surface area contributed by atoms with Gasteiger partial charge in [0.25, 0.3) is 10.2 Å². The Morgan fingerprint density at radius 2 is 2.00 bits per heavy atom. The minimum Gasteiger partial charge on any atom is -0.465 e. The molecule has 1 N–H and O–H groups in total. The summed E-state index contributed by atoms with van der Waals surface area (Å²) in [6.45, 7) is 3.99. The Bertz CT molecular complexity index is 395. The molecule has 1 saturated heterocycles. The van der Waals surface area contributed by atoms with E-state index < -0.39 is 16.2 Å². The average Bonchev–Trinajstić information content (AvgIpc) is 2.44. The summed E-state index contributed by atoms with van der Waals surface area (Å²) in [5, 5.41) is 3.09. The number of piperazine rings is 1. The molecule has 1 fully saturated rings. The third-order valence-electron chi connectivity index (χ3n) is 2.88. The number of carbonyl (C=O) groups is 1. The molecule has 1 rings (SSSR count). The largest absolute Gasteiger partial charge is 0.465 e. The molecule has 8 nitrogen and oxygen atoms in total. The number of nitrogens with one attached hydrogen (secondary N) is 1. The summed E-state index contributed by atoms with van der Waals surface area (Å²) in [6.07, 6.45) is 0. The van der Waals surface area contributed by atoms with Gasteiger partial charge in [-0.3, -0.25) is 4.79 Å². The van der Waals surface area contributed by atoms with E-state index in [0.29, 0.717) is 26.2 Å². The second-order valence-electron chi connectivity index (χ2n) is 4.29. The maximum Gasteiger partial charge on any atom is 0.321 e. The highest BCUT2D eigenvalue weighted by Crippen LogP contribution is 2.09. The first kappa shape index (κ1) is 17.3. The van der Waals surface area contributed by atoms with Crippen molar-refractivity contribution >= 4 is 16.2 Å². The van der Waals surface area contributed by atoms with Gasteiger partial charge in [0, 0.05) is 39.8 Å². The van der Waals surface area contributed by atoms with E-state index in [1.165, 1.54) is 11.4 Å². The van der Waals surface area contributed by atoms with Crippen LogP contribution in [0.3, 0.4) is 0 Å². The maximum atomic E-state index is 12.5. The molecule has 1 heterocycles. The zero-order chi connectivity index (χ0) is 15.0. The molecule has 0 saturated carbocycles. The molecular formula is C11H23N3O5S. The van der Waals surface area contributed by atoms with Crippen LogP contribution in [0.15, 0.2) is 0 Å². The summed E-state index contributed by atoms with van der Waals surface area (Å²) >= 11 is 0. The van der Waals surface area contributed by atoms with Gasteiger partial charge < -0.3 is 14.8 Å². The van der Waals surface area contributed by atoms with Crippen LogP contribution in [0.25, 0.3) is 0 Å². The van der Waals surface area contributed by atoms with Crippen LogP contribution in [0.4, 0.5) is 0 Å². The topological polar surface area (TPSA) is 88.2 Å². The van der Waals surface area contributed by atoms with Crippen molar-refractivity contribution in [3.63, 3.8) is 0 Å². The Balaban J connectivity index is 2.75. The Morgan fingerprint density at radius 3 is 2.55 bits per heavy atom. The van der Waals surface area contributed by atoms with Crippen LogP contribution in [-0.2, 0) is 24.5 Å². The zero-order valence-corrected chi connectivity index (χ0v) is 12.8. The fourth-order valence-electron chi connectivity index (χ4n) is 1.86.